The number of benzene rings is 1. The van der Waals surface area contributed by atoms with Gasteiger partial charge in [0.25, 0.3) is 5.91 Å². The molecule has 1 aromatic carbocycles. The van der Waals surface area contributed by atoms with E-state index in [1.54, 1.807) is 30.9 Å². The molecule has 1 aliphatic heterocycles. The molecule has 0 bridgehead atoms. The number of aromatic nitrogens is 2. The standard InChI is InChI=1S/C15H17FN4O.ClH/c1-9-12(8-20(2)19-9)15(21)18-13-4-3-10-7-17-6-5-11(10)14(13)16;/h3-4,8,17H,5-7H2,1-2H3,(H,18,21);1H. The molecule has 1 amide bonds. The number of anilines is 1. The molecule has 118 valence electrons. The van der Waals surface area contributed by atoms with Crippen molar-refractivity contribution in [1.82, 2.24) is 15.1 Å². The highest BCUT2D eigenvalue weighted by atomic mass is 35.5. The van der Waals surface area contributed by atoms with Gasteiger partial charge in [-0.05, 0) is 37.1 Å². The highest BCUT2D eigenvalue weighted by Crippen LogP contribution is 2.25. The quantitative estimate of drug-likeness (QED) is 0.890. The Morgan fingerprint density at radius 2 is 2.23 bits per heavy atom. The molecule has 0 spiro atoms. The number of carbonyl (C=O) groups is 1. The van der Waals surface area contributed by atoms with Crippen LogP contribution >= 0.6 is 12.4 Å². The summed E-state index contributed by atoms with van der Waals surface area (Å²) >= 11 is 0. The van der Waals surface area contributed by atoms with Gasteiger partial charge in [-0.3, -0.25) is 9.48 Å². The molecule has 0 saturated heterocycles. The number of nitrogens with zero attached hydrogens (tertiary/aromatic N) is 2. The molecule has 0 fully saturated rings. The Kier molecular flexibility index (Phi) is 4.83. The van der Waals surface area contributed by atoms with Crippen molar-refractivity contribution in [3.63, 3.8) is 0 Å². The van der Waals surface area contributed by atoms with Gasteiger partial charge in [0.05, 0.1) is 16.9 Å². The average Bonchev–Trinajstić information content (AvgIpc) is 2.81. The third-order valence-electron chi connectivity index (χ3n) is 3.71. The van der Waals surface area contributed by atoms with Gasteiger partial charge >= 0.3 is 0 Å². The Labute approximate surface area is 134 Å². The summed E-state index contributed by atoms with van der Waals surface area (Å²) in [4.78, 5) is 12.2. The zero-order chi connectivity index (χ0) is 15.0. The molecule has 2 N–H and O–H groups in total. The van der Waals surface area contributed by atoms with Crippen LogP contribution in [0.3, 0.4) is 0 Å². The van der Waals surface area contributed by atoms with Crippen molar-refractivity contribution in [2.75, 3.05) is 11.9 Å². The zero-order valence-corrected chi connectivity index (χ0v) is 13.3. The van der Waals surface area contributed by atoms with Gasteiger partial charge < -0.3 is 10.6 Å². The first-order valence-corrected chi connectivity index (χ1v) is 6.89. The minimum Gasteiger partial charge on any atom is -0.319 e. The zero-order valence-electron chi connectivity index (χ0n) is 12.4. The molecule has 2 aromatic rings. The van der Waals surface area contributed by atoms with Crippen LogP contribution in [0.15, 0.2) is 18.3 Å². The molecule has 22 heavy (non-hydrogen) atoms. The highest BCUT2D eigenvalue weighted by molar-refractivity contribution is 6.05. The fourth-order valence-corrected chi connectivity index (χ4v) is 2.64. The molecule has 1 aliphatic rings. The van der Waals surface area contributed by atoms with Crippen molar-refractivity contribution in [3.05, 3.63) is 46.5 Å². The predicted molar refractivity (Wildman–Crippen MR) is 85.0 cm³/mol. The highest BCUT2D eigenvalue weighted by Gasteiger charge is 2.19. The molecule has 1 aromatic heterocycles. The number of amides is 1. The fourth-order valence-electron chi connectivity index (χ4n) is 2.64. The average molecular weight is 325 g/mol. The Morgan fingerprint density at radius 1 is 1.45 bits per heavy atom. The smallest absolute Gasteiger partial charge is 0.259 e. The van der Waals surface area contributed by atoms with Gasteiger partial charge in [-0.2, -0.15) is 5.10 Å². The van der Waals surface area contributed by atoms with Gasteiger partial charge in [0.2, 0.25) is 0 Å². The van der Waals surface area contributed by atoms with E-state index in [0.717, 1.165) is 12.1 Å². The molecular formula is C15H18ClFN4O. The summed E-state index contributed by atoms with van der Waals surface area (Å²) in [6.45, 7) is 3.18. The van der Waals surface area contributed by atoms with Gasteiger partial charge in [-0.1, -0.05) is 6.07 Å². The third-order valence-corrected chi connectivity index (χ3v) is 3.71. The first-order chi connectivity index (χ1) is 10.1. The Hall–Kier alpha value is -1.92. The Bertz CT molecular complexity index is 714. The van der Waals surface area contributed by atoms with Crippen LogP contribution in [0.4, 0.5) is 10.1 Å². The van der Waals surface area contributed by atoms with Crippen molar-refractivity contribution < 1.29 is 9.18 Å². The van der Waals surface area contributed by atoms with Crippen molar-refractivity contribution in [3.8, 4) is 0 Å². The van der Waals surface area contributed by atoms with Gasteiger partial charge in [0, 0.05) is 19.8 Å². The molecule has 0 saturated carbocycles. The number of fused-ring (bicyclic) bond motifs is 1. The van der Waals surface area contributed by atoms with E-state index < -0.39 is 0 Å². The number of hydrogen-bond acceptors (Lipinski definition) is 3. The lowest BCUT2D eigenvalue weighted by Crippen LogP contribution is -2.25. The summed E-state index contributed by atoms with van der Waals surface area (Å²) < 4.78 is 16.0. The molecular weight excluding hydrogens is 307 g/mol. The van der Waals surface area contributed by atoms with Crippen LogP contribution in [0.25, 0.3) is 0 Å². The molecule has 2 heterocycles. The Morgan fingerprint density at radius 3 is 2.91 bits per heavy atom. The number of rotatable bonds is 2. The van der Waals surface area contributed by atoms with Gasteiger partial charge in [0.1, 0.15) is 5.82 Å². The van der Waals surface area contributed by atoms with E-state index in [1.165, 1.54) is 0 Å². The van der Waals surface area contributed by atoms with E-state index in [0.29, 0.717) is 29.8 Å². The summed E-state index contributed by atoms with van der Waals surface area (Å²) in [6.07, 6.45) is 2.27. The van der Waals surface area contributed by atoms with Crippen molar-refractivity contribution >= 4 is 24.0 Å². The summed E-state index contributed by atoms with van der Waals surface area (Å²) in [5, 5.41) is 9.96. The van der Waals surface area contributed by atoms with Crippen molar-refractivity contribution in [2.24, 2.45) is 7.05 Å². The van der Waals surface area contributed by atoms with Crippen LogP contribution in [0, 0.1) is 12.7 Å². The minimum absolute atomic E-state index is 0. The van der Waals surface area contributed by atoms with Crippen LogP contribution in [0.2, 0.25) is 0 Å². The van der Waals surface area contributed by atoms with E-state index in [2.05, 4.69) is 15.7 Å². The van der Waals surface area contributed by atoms with Gasteiger partial charge in [-0.15, -0.1) is 12.4 Å². The second kappa shape index (κ2) is 6.46. The van der Waals surface area contributed by atoms with E-state index >= 15 is 0 Å². The maximum Gasteiger partial charge on any atom is 0.259 e. The van der Waals surface area contributed by atoms with E-state index in [9.17, 15) is 9.18 Å². The molecule has 0 aliphatic carbocycles. The first-order valence-electron chi connectivity index (χ1n) is 6.89. The predicted octanol–water partition coefficient (Wildman–Crippen LogP) is 2.19. The molecule has 7 heteroatoms. The topological polar surface area (TPSA) is 59.0 Å². The lowest BCUT2D eigenvalue weighted by atomic mass is 9.99. The molecule has 0 unspecified atom stereocenters. The fraction of sp³-hybridized carbons (Fsp3) is 0.333. The van der Waals surface area contributed by atoms with Crippen LogP contribution in [-0.2, 0) is 20.0 Å². The SMILES string of the molecule is Cc1nn(C)cc1C(=O)Nc1ccc2c(c1F)CCNC2.Cl. The minimum atomic E-state index is -0.339. The lowest BCUT2D eigenvalue weighted by Gasteiger charge is -2.19. The largest absolute Gasteiger partial charge is 0.319 e. The van der Waals surface area contributed by atoms with Gasteiger partial charge in [0.15, 0.2) is 0 Å². The molecule has 3 rings (SSSR count). The maximum absolute atomic E-state index is 14.5. The molecule has 0 atom stereocenters. The summed E-state index contributed by atoms with van der Waals surface area (Å²) in [5.41, 5.74) is 2.95. The number of carbonyl (C=O) groups excluding carboxylic acids is 1. The van der Waals surface area contributed by atoms with Crippen LogP contribution in [0.5, 0.6) is 0 Å². The monoisotopic (exact) mass is 324 g/mol. The van der Waals surface area contributed by atoms with Crippen LogP contribution in [0.1, 0.15) is 27.2 Å². The summed E-state index contributed by atoms with van der Waals surface area (Å²) in [6, 6.07) is 3.47. The maximum atomic E-state index is 14.5. The number of hydrogen-bond donors (Lipinski definition) is 2. The Balaban J connectivity index is 0.00000176. The first kappa shape index (κ1) is 16.5. The van der Waals surface area contributed by atoms with Crippen LogP contribution in [-0.4, -0.2) is 22.2 Å². The summed E-state index contributed by atoms with van der Waals surface area (Å²) in [5.74, 6) is -0.669. The third kappa shape index (κ3) is 2.98. The van der Waals surface area contributed by atoms with Gasteiger partial charge in [-0.25, -0.2) is 4.39 Å². The van der Waals surface area contributed by atoms with E-state index in [1.807, 2.05) is 6.07 Å². The van der Waals surface area contributed by atoms with Crippen molar-refractivity contribution in [2.45, 2.75) is 19.9 Å². The van der Waals surface area contributed by atoms with E-state index in [-0.39, 0.29) is 29.8 Å². The van der Waals surface area contributed by atoms with E-state index in [4.69, 9.17) is 0 Å². The summed E-state index contributed by atoms with van der Waals surface area (Å²) in [7, 11) is 1.75. The normalized spacial score (nSPS) is 13.2. The van der Waals surface area contributed by atoms with Crippen molar-refractivity contribution in [1.29, 1.82) is 0 Å². The number of aryl methyl sites for hydroxylation is 2. The number of halogens is 2. The molecule has 5 nitrogen and oxygen atoms in total. The molecule has 0 radical (unpaired) electrons. The number of nitrogens with one attached hydrogen (secondary N) is 2. The lowest BCUT2D eigenvalue weighted by molar-refractivity contribution is 0.102. The second-order valence-electron chi connectivity index (χ2n) is 5.25. The second-order valence-corrected chi connectivity index (χ2v) is 5.25. The van der Waals surface area contributed by atoms with Crippen LogP contribution < -0.4 is 10.6 Å².